The van der Waals surface area contributed by atoms with Gasteiger partial charge in [-0.25, -0.2) is 0 Å². The fourth-order valence-corrected chi connectivity index (χ4v) is 1.41. The third kappa shape index (κ3) is 2.25. The maximum absolute atomic E-state index is 11.8. The van der Waals surface area contributed by atoms with Crippen molar-refractivity contribution < 1.29 is 4.79 Å². The summed E-state index contributed by atoms with van der Waals surface area (Å²) in [6, 6.07) is 11.1. The number of para-hydroxylation sites is 1. The van der Waals surface area contributed by atoms with Crippen molar-refractivity contribution in [3.05, 3.63) is 59.9 Å². The van der Waals surface area contributed by atoms with Gasteiger partial charge in [0.2, 0.25) is 0 Å². The van der Waals surface area contributed by atoms with E-state index in [0.717, 1.165) is 11.3 Å². The summed E-state index contributed by atoms with van der Waals surface area (Å²) < 4.78 is 0. The molecule has 80 valence electrons. The maximum Gasteiger partial charge on any atom is 0.255 e. The zero-order valence-corrected chi connectivity index (χ0v) is 8.97. The monoisotopic (exact) mass is 212 g/mol. The molecular weight excluding hydrogens is 200 g/mol. The number of amides is 1. The van der Waals surface area contributed by atoms with Gasteiger partial charge in [0, 0.05) is 23.6 Å². The van der Waals surface area contributed by atoms with Crippen LogP contribution in [0.3, 0.4) is 0 Å². The second kappa shape index (κ2) is 4.57. The first-order valence-corrected chi connectivity index (χ1v) is 5.04. The second-order valence-electron chi connectivity index (χ2n) is 3.50. The van der Waals surface area contributed by atoms with Gasteiger partial charge in [0.05, 0.1) is 0 Å². The minimum atomic E-state index is -0.114. The molecule has 1 aromatic carbocycles. The first-order chi connectivity index (χ1) is 7.77. The van der Waals surface area contributed by atoms with E-state index in [1.165, 1.54) is 0 Å². The molecule has 0 atom stereocenters. The quantitative estimate of drug-likeness (QED) is 0.831. The molecule has 3 heteroatoms. The summed E-state index contributed by atoms with van der Waals surface area (Å²) >= 11 is 0. The lowest BCUT2D eigenvalue weighted by Crippen LogP contribution is -2.12. The molecule has 1 N–H and O–H groups in total. The summed E-state index contributed by atoms with van der Waals surface area (Å²) in [5.41, 5.74) is 2.49. The van der Waals surface area contributed by atoms with E-state index in [-0.39, 0.29) is 5.91 Å². The predicted molar refractivity (Wildman–Crippen MR) is 63.4 cm³/mol. The molecule has 2 rings (SSSR count). The number of nitrogens with zero attached hydrogens (tertiary/aromatic N) is 1. The number of rotatable bonds is 2. The number of anilines is 1. The Morgan fingerprint density at radius 3 is 2.50 bits per heavy atom. The molecule has 16 heavy (non-hydrogen) atoms. The summed E-state index contributed by atoms with van der Waals surface area (Å²) in [5, 5.41) is 2.86. The van der Waals surface area contributed by atoms with Crippen LogP contribution in [0.4, 0.5) is 5.69 Å². The molecule has 1 aromatic heterocycles. The molecule has 2 aromatic rings. The number of carbonyl (C=O) groups excluding carboxylic acids is 1. The summed E-state index contributed by atoms with van der Waals surface area (Å²) in [6.07, 6.45) is 3.21. The number of carbonyl (C=O) groups is 1. The average Bonchev–Trinajstić information content (AvgIpc) is 2.33. The van der Waals surface area contributed by atoms with Crippen molar-refractivity contribution in [2.45, 2.75) is 6.92 Å². The summed E-state index contributed by atoms with van der Waals surface area (Å²) in [6.45, 7) is 1.96. The molecule has 0 aliphatic heterocycles. The number of hydrogen-bond acceptors (Lipinski definition) is 2. The highest BCUT2D eigenvalue weighted by molar-refractivity contribution is 6.04. The van der Waals surface area contributed by atoms with Crippen molar-refractivity contribution in [2.75, 3.05) is 5.32 Å². The van der Waals surface area contributed by atoms with Gasteiger partial charge >= 0.3 is 0 Å². The van der Waals surface area contributed by atoms with Crippen LogP contribution in [0.1, 0.15) is 15.9 Å². The molecule has 0 saturated heterocycles. The van der Waals surface area contributed by atoms with Gasteiger partial charge in [0.15, 0.2) is 0 Å². The molecule has 0 saturated carbocycles. The van der Waals surface area contributed by atoms with Gasteiger partial charge in [-0.1, -0.05) is 18.2 Å². The van der Waals surface area contributed by atoms with Gasteiger partial charge in [-0.3, -0.25) is 9.78 Å². The number of aromatic nitrogens is 1. The third-order valence-electron chi connectivity index (χ3n) is 2.34. The lowest BCUT2D eigenvalue weighted by Gasteiger charge is -2.07. The molecule has 3 nitrogen and oxygen atoms in total. The summed E-state index contributed by atoms with van der Waals surface area (Å²) in [4.78, 5) is 15.7. The van der Waals surface area contributed by atoms with Gasteiger partial charge in [-0.2, -0.15) is 0 Å². The molecule has 0 spiro atoms. The van der Waals surface area contributed by atoms with E-state index in [2.05, 4.69) is 10.3 Å². The van der Waals surface area contributed by atoms with Gasteiger partial charge in [-0.15, -0.1) is 0 Å². The molecule has 0 unspecified atom stereocenters. The van der Waals surface area contributed by atoms with Crippen molar-refractivity contribution in [3.63, 3.8) is 0 Å². The fraction of sp³-hybridized carbons (Fsp3) is 0.0769. The van der Waals surface area contributed by atoms with E-state index in [9.17, 15) is 4.79 Å². The van der Waals surface area contributed by atoms with Crippen LogP contribution in [-0.4, -0.2) is 10.9 Å². The fourth-order valence-electron chi connectivity index (χ4n) is 1.41. The Morgan fingerprint density at radius 1 is 1.12 bits per heavy atom. The van der Waals surface area contributed by atoms with Gasteiger partial charge < -0.3 is 5.32 Å². The molecule has 0 aliphatic carbocycles. The van der Waals surface area contributed by atoms with E-state index >= 15 is 0 Å². The van der Waals surface area contributed by atoms with Crippen molar-refractivity contribution >= 4 is 11.6 Å². The van der Waals surface area contributed by atoms with Gasteiger partial charge in [-0.05, 0) is 30.7 Å². The van der Waals surface area contributed by atoms with Gasteiger partial charge in [0.25, 0.3) is 5.91 Å². The van der Waals surface area contributed by atoms with Crippen molar-refractivity contribution in [3.8, 4) is 0 Å². The minimum absolute atomic E-state index is 0.114. The molecule has 0 radical (unpaired) electrons. The number of hydrogen-bond donors (Lipinski definition) is 1. The molecule has 1 amide bonds. The Morgan fingerprint density at radius 2 is 1.81 bits per heavy atom. The average molecular weight is 212 g/mol. The van der Waals surface area contributed by atoms with Crippen molar-refractivity contribution in [2.24, 2.45) is 0 Å². The van der Waals surface area contributed by atoms with Crippen LogP contribution in [-0.2, 0) is 0 Å². The molecule has 1 heterocycles. The highest BCUT2D eigenvalue weighted by atomic mass is 16.1. The number of nitrogens with one attached hydrogen (secondary N) is 1. The normalized spacial score (nSPS) is 9.81. The maximum atomic E-state index is 11.8. The SMILES string of the molecule is Cc1ccccc1NC(=O)c1ccncc1. The van der Waals surface area contributed by atoms with E-state index < -0.39 is 0 Å². The van der Waals surface area contributed by atoms with E-state index in [1.807, 2.05) is 31.2 Å². The Balaban J connectivity index is 2.18. The highest BCUT2D eigenvalue weighted by Crippen LogP contribution is 2.14. The lowest BCUT2D eigenvalue weighted by atomic mass is 10.2. The Labute approximate surface area is 94.1 Å². The Bertz CT molecular complexity index is 494. The first-order valence-electron chi connectivity index (χ1n) is 5.04. The first kappa shape index (κ1) is 10.4. The highest BCUT2D eigenvalue weighted by Gasteiger charge is 2.05. The second-order valence-corrected chi connectivity index (χ2v) is 3.50. The summed E-state index contributed by atoms with van der Waals surface area (Å²) in [5.74, 6) is -0.114. The van der Waals surface area contributed by atoms with E-state index in [0.29, 0.717) is 5.56 Å². The van der Waals surface area contributed by atoms with Crippen LogP contribution < -0.4 is 5.32 Å². The van der Waals surface area contributed by atoms with Crippen LogP contribution in [0.5, 0.6) is 0 Å². The number of pyridine rings is 1. The smallest absolute Gasteiger partial charge is 0.255 e. The zero-order chi connectivity index (χ0) is 11.4. The molecule has 0 aliphatic rings. The van der Waals surface area contributed by atoms with Crippen LogP contribution in [0.15, 0.2) is 48.8 Å². The largest absolute Gasteiger partial charge is 0.322 e. The van der Waals surface area contributed by atoms with Crippen molar-refractivity contribution in [1.29, 1.82) is 0 Å². The third-order valence-corrected chi connectivity index (χ3v) is 2.34. The predicted octanol–water partition coefficient (Wildman–Crippen LogP) is 2.64. The van der Waals surface area contributed by atoms with Crippen LogP contribution in [0.2, 0.25) is 0 Å². The minimum Gasteiger partial charge on any atom is -0.322 e. The zero-order valence-electron chi connectivity index (χ0n) is 8.97. The lowest BCUT2D eigenvalue weighted by molar-refractivity contribution is 0.102. The topological polar surface area (TPSA) is 42.0 Å². The molecular formula is C13H12N2O. The number of aryl methyl sites for hydroxylation is 1. The van der Waals surface area contributed by atoms with Crippen LogP contribution >= 0.6 is 0 Å². The Kier molecular flexibility index (Phi) is 2.96. The van der Waals surface area contributed by atoms with Crippen LogP contribution in [0.25, 0.3) is 0 Å². The molecule has 0 bridgehead atoms. The van der Waals surface area contributed by atoms with Crippen molar-refractivity contribution in [1.82, 2.24) is 4.98 Å². The van der Waals surface area contributed by atoms with Crippen LogP contribution in [0, 0.1) is 6.92 Å². The van der Waals surface area contributed by atoms with Gasteiger partial charge in [0.1, 0.15) is 0 Å². The standard InChI is InChI=1S/C13H12N2O/c1-10-4-2-3-5-12(10)15-13(16)11-6-8-14-9-7-11/h2-9H,1H3,(H,15,16). The summed E-state index contributed by atoms with van der Waals surface area (Å²) in [7, 11) is 0. The van der Waals surface area contributed by atoms with E-state index in [1.54, 1.807) is 24.5 Å². The Hall–Kier alpha value is -2.16. The molecule has 0 fully saturated rings. The number of benzene rings is 1. The van der Waals surface area contributed by atoms with E-state index in [4.69, 9.17) is 0 Å².